The Labute approximate surface area is 785 Å². The van der Waals surface area contributed by atoms with E-state index < -0.39 is 108 Å². The number of ether oxygens (including phenoxy) is 4. The number of carbonyl (C=O) groups is 7. The van der Waals surface area contributed by atoms with Crippen molar-refractivity contribution in [3.63, 3.8) is 0 Å². The van der Waals surface area contributed by atoms with Crippen molar-refractivity contribution >= 4 is 126 Å². The Bertz CT molecular complexity index is 7200. The van der Waals surface area contributed by atoms with Crippen molar-refractivity contribution in [3.8, 4) is 45.7 Å². The molecule has 2 aliphatic heterocycles. The molecule has 0 aliphatic carbocycles. The van der Waals surface area contributed by atoms with E-state index >= 15 is 0 Å². The fraction of sp³-hybridized carbons (Fsp3) is 0.245. The minimum absolute atomic E-state index is 0.0127. The number of hydrogen-bond donors (Lipinski definition) is 0. The second-order valence-corrected chi connectivity index (χ2v) is 33.6. The van der Waals surface area contributed by atoms with Gasteiger partial charge in [0, 0.05) is 65.8 Å². The van der Waals surface area contributed by atoms with Crippen LogP contribution in [0.3, 0.4) is 0 Å². The molecule has 0 bridgehead atoms. The van der Waals surface area contributed by atoms with Crippen molar-refractivity contribution in [2.45, 2.75) is 123 Å². The van der Waals surface area contributed by atoms with Crippen LogP contribution in [-0.4, -0.2) is 175 Å². The number of alkyl halides is 12. The van der Waals surface area contributed by atoms with E-state index in [9.17, 15) is 86.2 Å². The van der Waals surface area contributed by atoms with Gasteiger partial charge in [-0.05, 0) is 222 Å². The van der Waals surface area contributed by atoms with Gasteiger partial charge in [0.15, 0.2) is 34.8 Å². The molecule has 0 atom stereocenters. The zero-order chi connectivity index (χ0) is 101. The van der Waals surface area contributed by atoms with Crippen molar-refractivity contribution in [2.24, 2.45) is 0 Å². The summed E-state index contributed by atoms with van der Waals surface area (Å²) >= 11 is 3.17. The topological polar surface area (TPSA) is 342 Å². The van der Waals surface area contributed by atoms with E-state index in [0.29, 0.717) is 87.3 Å². The molecule has 12 heterocycles. The molecule has 0 spiro atoms. The first-order chi connectivity index (χ1) is 64.7. The molecule has 17 rings (SSSR count). The Morgan fingerprint density at radius 3 is 1.12 bits per heavy atom. The molecule has 0 unspecified atom stereocenters. The first-order valence-electron chi connectivity index (χ1n) is 41.3. The number of nitrogens with zero attached hydrogens (tertiary/aromatic N) is 14. The molecule has 2 saturated heterocycles. The van der Waals surface area contributed by atoms with Crippen LogP contribution in [0, 0.1) is 0 Å². The summed E-state index contributed by atoms with van der Waals surface area (Å²) in [5.74, 6) is -3.19. The van der Waals surface area contributed by atoms with Crippen LogP contribution in [0.25, 0.3) is 89.3 Å². The number of benzene rings is 5. The summed E-state index contributed by atoms with van der Waals surface area (Å²) in [5, 5.41) is 18.6. The first-order valence-corrected chi connectivity index (χ1v) is 42.1. The summed E-state index contributed by atoms with van der Waals surface area (Å²) in [7, 11) is 3.39. The number of carbonyl (C=O) groups excluding carboxylic acids is 7. The fourth-order valence-corrected chi connectivity index (χ4v) is 14.3. The highest BCUT2D eigenvalue weighted by atomic mass is 79.9. The summed E-state index contributed by atoms with van der Waals surface area (Å²) in [5.41, 5.74) is -0.271. The highest BCUT2D eigenvalue weighted by Gasteiger charge is 2.54. The zero-order valence-corrected chi connectivity index (χ0v) is 77.2. The van der Waals surface area contributed by atoms with Gasteiger partial charge < -0.3 is 37.6 Å². The van der Waals surface area contributed by atoms with Crippen LogP contribution in [0.1, 0.15) is 172 Å². The Hall–Kier alpha value is -14.6. The molecule has 0 amide bonds. The average Bonchev–Trinajstić information content (AvgIpc) is 1.60. The highest BCUT2D eigenvalue weighted by molar-refractivity contribution is 9.10. The second kappa shape index (κ2) is 39.2. The van der Waals surface area contributed by atoms with Crippen molar-refractivity contribution in [3.05, 3.63) is 273 Å². The molecule has 0 N–H and O–H groups in total. The molecule has 2 fully saturated rings. The van der Waals surface area contributed by atoms with Crippen molar-refractivity contribution in [2.75, 3.05) is 28.4 Å². The van der Waals surface area contributed by atoms with Crippen LogP contribution in [0.15, 0.2) is 211 Å². The van der Waals surface area contributed by atoms with E-state index in [-0.39, 0.29) is 74.1 Å². The molecule has 5 aromatic carbocycles. The van der Waals surface area contributed by atoms with Gasteiger partial charge in [0.05, 0.1) is 130 Å². The number of methoxy groups -OCH3 is 4. The van der Waals surface area contributed by atoms with Crippen molar-refractivity contribution < 1.29 is 124 Å². The molecule has 44 heteroatoms. The van der Waals surface area contributed by atoms with E-state index in [2.05, 4.69) is 66.2 Å². The third kappa shape index (κ3) is 21.9. The van der Waals surface area contributed by atoms with Crippen molar-refractivity contribution in [1.29, 1.82) is 0 Å². The van der Waals surface area contributed by atoms with Crippen LogP contribution in [-0.2, 0) is 62.3 Å². The Balaban J connectivity index is 0.000000150. The molecule has 10 aromatic heterocycles. The van der Waals surface area contributed by atoms with E-state index in [1.807, 2.05) is 55.4 Å². The predicted molar refractivity (Wildman–Crippen MR) is 483 cm³/mol. The molecule has 15 aromatic rings. The highest BCUT2D eigenvalue weighted by Crippen LogP contribution is 2.42. The van der Waals surface area contributed by atoms with Gasteiger partial charge in [-0.3, -0.25) is 14.4 Å². The quantitative estimate of drug-likeness (QED) is 0.0230. The SMILES string of the molecule is CC(=O)c1cccc(Br)n1.COC(=O)c1cc(-c2cccc(C(C)=O)n2)cc2c1cnn2-c1cccc(C(F)(F)F)n1.COC(=O)c1cc(-c2cccc(C(C)=O)n2)cc2nn(-c3cccc(C(F)(F)F)n3)cc12.COC(=O)c1cc(B2OC(C)(C)C(C)(C)O2)cc2c1cnn2-c1cccc(C(F)(F)F)n1.COC(=O)c1cc(B2OC(C)(C)C(C)(C)O2)cc2nn(-c3cccc(C(F)(F)F)c3)cc12. The number of aromatic nitrogens is 14. The summed E-state index contributed by atoms with van der Waals surface area (Å²) in [6.45, 7) is 19.5. The molecule has 138 heavy (non-hydrogen) atoms. The van der Waals surface area contributed by atoms with E-state index in [4.69, 9.17) is 37.6 Å². The molecule has 0 saturated carbocycles. The molecule has 29 nitrogen and oxygen atoms in total. The molecular weight excluding hydrogens is 1890 g/mol. The van der Waals surface area contributed by atoms with Crippen molar-refractivity contribution in [1.82, 2.24) is 69.0 Å². The third-order valence-electron chi connectivity index (χ3n) is 22.4. The molecule has 712 valence electrons. The number of Topliss-reactive ketones (excluding diaryl/α,β-unsaturated/α-hetero) is 3. The maximum absolute atomic E-state index is 13.2. The van der Waals surface area contributed by atoms with Crippen LogP contribution >= 0.6 is 15.9 Å². The van der Waals surface area contributed by atoms with Gasteiger partial charge in [-0.15, -0.1) is 0 Å². The fourth-order valence-electron chi connectivity index (χ4n) is 13.9. The largest absolute Gasteiger partial charge is 0.494 e. The van der Waals surface area contributed by atoms with Crippen LogP contribution in [0.4, 0.5) is 52.7 Å². The maximum atomic E-state index is 13.2. The van der Waals surface area contributed by atoms with Gasteiger partial charge in [-0.2, -0.15) is 73.1 Å². The Morgan fingerprint density at radius 2 is 0.710 bits per heavy atom. The number of esters is 4. The van der Waals surface area contributed by atoms with E-state index in [1.54, 1.807) is 91.0 Å². The number of halogens is 13. The lowest BCUT2D eigenvalue weighted by molar-refractivity contribution is -0.141. The van der Waals surface area contributed by atoms with Crippen LogP contribution in [0.2, 0.25) is 0 Å². The minimum Gasteiger partial charge on any atom is -0.465 e. The lowest BCUT2D eigenvalue weighted by atomic mass is 9.77. The predicted octanol–water partition coefficient (Wildman–Crippen LogP) is 18.7. The average molecular weight is 1970 g/mol. The van der Waals surface area contributed by atoms with Crippen LogP contribution < -0.4 is 10.9 Å². The number of rotatable bonds is 15. The zero-order valence-electron chi connectivity index (χ0n) is 75.6. The Kier molecular flexibility index (Phi) is 28.7. The van der Waals surface area contributed by atoms with Gasteiger partial charge in [-0.1, -0.05) is 42.5 Å². The maximum Gasteiger partial charge on any atom is 0.494 e. The molecule has 2 aliphatic rings. The van der Waals surface area contributed by atoms with E-state index in [1.165, 1.54) is 149 Å². The third-order valence-corrected chi connectivity index (χ3v) is 22.9. The number of hydrogen-bond acceptors (Lipinski definition) is 25. The van der Waals surface area contributed by atoms with Gasteiger partial charge >= 0.3 is 62.8 Å². The summed E-state index contributed by atoms with van der Waals surface area (Å²) in [4.78, 5) is 107. The first kappa shape index (κ1) is 101. The standard InChI is InChI=1S/C22H22BF3N2O4.2C22H15F3N4O3.C21H21BF3N3O4.C7H6BrNO/c1-20(2)21(3,4)32-23(31-20)14-10-16(19(29)30-5)17-12-28(27-18(17)11-14)15-8-6-7-13(9-15)22(24,25)26;1-12(30)16-5-3-6-17(26-16)13-9-14(21(31)32-2)15-11-29(28-18(15)10-13)20-8-4-7-19(27-20)22(23,24)25;1-12(30)16-5-3-6-17(27-16)13-9-14(21(31)32-2)15-11-26-29(18(15)10-13)20-8-4-7-19(28-20)22(23,24)25;1-19(2)20(3,4)32-22(31-19)12-9-13(18(29)30-5)14-11-26-28(15(14)10-12)17-8-6-7-16(27-17)21(23,24)25;1-5(10)6-3-2-4-7(8)9-6/h6-12H,1-5H3;2*3-11H,1-2H3;6-11H,1-5H3;2-4H,1H3. The monoisotopic (exact) mass is 1970 g/mol. The second-order valence-electron chi connectivity index (χ2n) is 32.8. The summed E-state index contributed by atoms with van der Waals surface area (Å²) in [6.07, 6.45) is -12.7. The number of ketones is 3. The minimum atomic E-state index is -4.63. The summed E-state index contributed by atoms with van der Waals surface area (Å²) in [6, 6.07) is 43.1. The lowest BCUT2D eigenvalue weighted by Gasteiger charge is -2.32. The normalized spacial score (nSPS) is 14.2. The number of pyridine rings is 6. The Morgan fingerprint density at radius 1 is 0.362 bits per heavy atom. The molecular formula is C94H79B2BrF12N14O15. The smallest absolute Gasteiger partial charge is 0.465 e. The summed E-state index contributed by atoms with van der Waals surface area (Å²) < 4.78 is 207. The van der Waals surface area contributed by atoms with Gasteiger partial charge in [0.25, 0.3) is 0 Å². The van der Waals surface area contributed by atoms with Gasteiger partial charge in [0.1, 0.15) is 38.8 Å². The van der Waals surface area contributed by atoms with Crippen LogP contribution in [0.5, 0.6) is 0 Å². The molecule has 0 radical (unpaired) electrons. The lowest BCUT2D eigenvalue weighted by Crippen LogP contribution is -2.41. The van der Waals surface area contributed by atoms with E-state index in [0.717, 1.165) is 35.0 Å². The number of fused-ring (bicyclic) bond motifs is 4. The van der Waals surface area contributed by atoms with Gasteiger partial charge in [-0.25, -0.2) is 67.8 Å². The van der Waals surface area contributed by atoms with Gasteiger partial charge in [0.2, 0.25) is 0 Å².